The fourth-order valence-corrected chi connectivity index (χ4v) is 4.38. The lowest BCUT2D eigenvalue weighted by Gasteiger charge is -2.19. The topological polar surface area (TPSA) is 95.6 Å². The molecule has 0 spiro atoms. The number of likely N-dealkylation sites (tertiary alicyclic amines) is 1. The Labute approximate surface area is 168 Å². The summed E-state index contributed by atoms with van der Waals surface area (Å²) in [5.41, 5.74) is 5.86. The molecule has 3 rings (SSSR count). The molecule has 8 heteroatoms. The summed E-state index contributed by atoms with van der Waals surface area (Å²) in [4.78, 5) is 50.8. The number of aryl methyl sites for hydroxylation is 1. The van der Waals surface area contributed by atoms with E-state index in [9.17, 15) is 19.2 Å². The number of amides is 4. The Balaban J connectivity index is 1.37. The van der Waals surface area contributed by atoms with E-state index in [4.69, 9.17) is 0 Å². The first-order chi connectivity index (χ1) is 13.5. The van der Waals surface area contributed by atoms with Gasteiger partial charge in [-0.2, -0.15) is 0 Å². The van der Waals surface area contributed by atoms with E-state index in [1.165, 1.54) is 16.7 Å². The minimum atomic E-state index is -0.427. The second kappa shape index (κ2) is 9.23. The van der Waals surface area contributed by atoms with Gasteiger partial charge in [-0.15, -0.1) is 11.8 Å². The predicted octanol–water partition coefficient (Wildman–Crippen LogP) is 1.80. The van der Waals surface area contributed by atoms with Crippen LogP contribution in [0.2, 0.25) is 0 Å². The molecule has 2 aliphatic rings. The molecular weight excluding hydrogens is 378 g/mol. The predicted molar refractivity (Wildman–Crippen MR) is 105 cm³/mol. The molecule has 0 aromatic heterocycles. The summed E-state index contributed by atoms with van der Waals surface area (Å²) >= 11 is 1.37. The molecule has 2 fully saturated rings. The van der Waals surface area contributed by atoms with Crippen molar-refractivity contribution in [2.24, 2.45) is 11.8 Å². The SMILES string of the molecule is Cc1ccc(SCC(=O)NNC(=O)CCN2C(=O)[C@@H]3CCCC[C@H]3C2=O)cc1. The third-order valence-corrected chi connectivity index (χ3v) is 6.24. The lowest BCUT2D eigenvalue weighted by molar-refractivity contribution is -0.140. The summed E-state index contributed by atoms with van der Waals surface area (Å²) in [6, 6.07) is 7.82. The normalized spacial score (nSPS) is 21.4. The van der Waals surface area contributed by atoms with E-state index in [0.29, 0.717) is 0 Å². The highest BCUT2D eigenvalue weighted by molar-refractivity contribution is 8.00. The van der Waals surface area contributed by atoms with E-state index >= 15 is 0 Å². The van der Waals surface area contributed by atoms with Gasteiger partial charge in [0.25, 0.3) is 0 Å². The number of nitrogens with zero attached hydrogens (tertiary/aromatic N) is 1. The highest BCUT2D eigenvalue weighted by Crippen LogP contribution is 2.37. The molecule has 2 N–H and O–H groups in total. The maximum atomic E-state index is 12.4. The van der Waals surface area contributed by atoms with Crippen LogP contribution in [-0.4, -0.2) is 40.8 Å². The van der Waals surface area contributed by atoms with Crippen molar-refractivity contribution in [3.8, 4) is 0 Å². The van der Waals surface area contributed by atoms with Crippen LogP contribution < -0.4 is 10.9 Å². The number of hydrogen-bond acceptors (Lipinski definition) is 5. The van der Waals surface area contributed by atoms with Crippen LogP contribution in [-0.2, 0) is 19.2 Å². The maximum Gasteiger partial charge on any atom is 0.248 e. The summed E-state index contributed by atoms with van der Waals surface area (Å²) in [5.74, 6) is -1.29. The second-order valence-corrected chi connectivity index (χ2v) is 8.32. The van der Waals surface area contributed by atoms with Gasteiger partial charge >= 0.3 is 0 Å². The zero-order valence-electron chi connectivity index (χ0n) is 15.9. The van der Waals surface area contributed by atoms with Crippen LogP contribution in [0.15, 0.2) is 29.2 Å². The molecule has 1 aromatic rings. The van der Waals surface area contributed by atoms with Gasteiger partial charge in [0.2, 0.25) is 23.6 Å². The fraction of sp³-hybridized carbons (Fsp3) is 0.500. The van der Waals surface area contributed by atoms with Crippen molar-refractivity contribution in [2.75, 3.05) is 12.3 Å². The van der Waals surface area contributed by atoms with Gasteiger partial charge in [0, 0.05) is 17.9 Å². The zero-order valence-corrected chi connectivity index (χ0v) is 16.7. The number of fused-ring (bicyclic) bond motifs is 1. The van der Waals surface area contributed by atoms with E-state index in [-0.39, 0.29) is 48.3 Å². The van der Waals surface area contributed by atoms with E-state index in [2.05, 4.69) is 10.9 Å². The highest BCUT2D eigenvalue weighted by Gasteiger charge is 2.47. The van der Waals surface area contributed by atoms with Gasteiger partial charge in [0.1, 0.15) is 0 Å². The molecule has 0 bridgehead atoms. The average Bonchev–Trinajstić information content (AvgIpc) is 2.95. The fourth-order valence-electron chi connectivity index (χ4n) is 3.69. The van der Waals surface area contributed by atoms with Crippen LogP contribution >= 0.6 is 11.8 Å². The number of carbonyl (C=O) groups excluding carboxylic acids is 4. The number of carbonyl (C=O) groups is 4. The van der Waals surface area contributed by atoms with Crippen LogP contribution in [0, 0.1) is 18.8 Å². The molecule has 1 saturated heterocycles. The van der Waals surface area contributed by atoms with Crippen LogP contribution in [0.3, 0.4) is 0 Å². The Morgan fingerprint density at radius 2 is 1.57 bits per heavy atom. The van der Waals surface area contributed by atoms with Gasteiger partial charge in [0.15, 0.2) is 0 Å². The highest BCUT2D eigenvalue weighted by atomic mass is 32.2. The number of hydrazine groups is 1. The smallest absolute Gasteiger partial charge is 0.248 e. The van der Waals surface area contributed by atoms with Gasteiger partial charge in [-0.25, -0.2) is 0 Å². The number of imide groups is 1. The Morgan fingerprint density at radius 1 is 1.00 bits per heavy atom. The van der Waals surface area contributed by atoms with Crippen LogP contribution in [0.4, 0.5) is 0 Å². The minimum Gasteiger partial charge on any atom is -0.282 e. The van der Waals surface area contributed by atoms with Crippen molar-refractivity contribution < 1.29 is 19.2 Å². The summed E-state index contributed by atoms with van der Waals surface area (Å²) in [5, 5.41) is 0. The molecule has 1 saturated carbocycles. The van der Waals surface area contributed by atoms with Gasteiger partial charge in [-0.05, 0) is 31.9 Å². The largest absolute Gasteiger partial charge is 0.282 e. The van der Waals surface area contributed by atoms with Crippen LogP contribution in [0.25, 0.3) is 0 Å². The van der Waals surface area contributed by atoms with Crippen LogP contribution in [0.5, 0.6) is 0 Å². The molecule has 0 unspecified atom stereocenters. The summed E-state index contributed by atoms with van der Waals surface area (Å²) in [7, 11) is 0. The standard InChI is InChI=1S/C20H25N3O4S/c1-13-6-8-14(9-7-13)28-12-18(25)22-21-17(24)10-11-23-19(26)15-4-2-3-5-16(15)20(23)27/h6-9,15-16H,2-5,10-12H2,1H3,(H,21,24)(H,22,25)/t15-,16-/m1/s1. The third-order valence-electron chi connectivity index (χ3n) is 5.23. The monoisotopic (exact) mass is 403 g/mol. The summed E-state index contributed by atoms with van der Waals surface area (Å²) < 4.78 is 0. The van der Waals surface area contributed by atoms with Crippen LogP contribution in [0.1, 0.15) is 37.7 Å². The third kappa shape index (κ3) is 4.92. The molecule has 1 heterocycles. The second-order valence-electron chi connectivity index (χ2n) is 7.27. The molecule has 150 valence electrons. The molecule has 4 amide bonds. The lowest BCUT2D eigenvalue weighted by atomic mass is 9.81. The van der Waals surface area contributed by atoms with Gasteiger partial charge in [0.05, 0.1) is 17.6 Å². The first kappa shape index (κ1) is 20.4. The Bertz CT molecular complexity index is 741. The molecule has 0 radical (unpaired) electrons. The minimum absolute atomic E-state index is 0.0255. The first-order valence-corrected chi connectivity index (χ1v) is 10.6. The van der Waals surface area contributed by atoms with Gasteiger partial charge < -0.3 is 0 Å². The molecule has 2 atom stereocenters. The van der Waals surface area contributed by atoms with E-state index in [0.717, 1.165) is 36.1 Å². The quantitative estimate of drug-likeness (QED) is 0.429. The molecular formula is C20H25N3O4S. The molecule has 1 aliphatic heterocycles. The number of rotatable bonds is 6. The number of thioether (sulfide) groups is 1. The van der Waals surface area contributed by atoms with E-state index < -0.39 is 5.91 Å². The Kier molecular flexibility index (Phi) is 6.72. The van der Waals surface area contributed by atoms with Gasteiger partial charge in [-0.1, -0.05) is 30.5 Å². The lowest BCUT2D eigenvalue weighted by Crippen LogP contribution is -2.44. The molecule has 1 aliphatic carbocycles. The first-order valence-electron chi connectivity index (χ1n) is 9.58. The molecule has 28 heavy (non-hydrogen) atoms. The van der Waals surface area contributed by atoms with Crippen molar-refractivity contribution in [1.82, 2.24) is 15.8 Å². The Hall–Kier alpha value is -2.35. The van der Waals surface area contributed by atoms with E-state index in [1.807, 2.05) is 31.2 Å². The molecule has 1 aromatic carbocycles. The number of nitrogens with one attached hydrogen (secondary N) is 2. The van der Waals surface area contributed by atoms with Crippen molar-refractivity contribution in [1.29, 1.82) is 0 Å². The summed E-state index contributed by atoms with van der Waals surface area (Å²) in [6.07, 6.45) is 3.43. The average molecular weight is 404 g/mol. The number of hydrogen-bond donors (Lipinski definition) is 2. The number of benzene rings is 1. The van der Waals surface area contributed by atoms with Crippen molar-refractivity contribution >= 4 is 35.4 Å². The molecule has 7 nitrogen and oxygen atoms in total. The zero-order chi connectivity index (χ0) is 20.1. The summed E-state index contributed by atoms with van der Waals surface area (Å²) in [6.45, 7) is 2.05. The Morgan fingerprint density at radius 3 is 2.18 bits per heavy atom. The van der Waals surface area contributed by atoms with Crippen molar-refractivity contribution in [3.63, 3.8) is 0 Å². The van der Waals surface area contributed by atoms with E-state index in [1.54, 1.807) is 0 Å². The van der Waals surface area contributed by atoms with Crippen molar-refractivity contribution in [2.45, 2.75) is 43.9 Å². The maximum absolute atomic E-state index is 12.4. The van der Waals surface area contributed by atoms with Gasteiger partial charge in [-0.3, -0.25) is 34.9 Å². The van der Waals surface area contributed by atoms with Crippen molar-refractivity contribution in [3.05, 3.63) is 29.8 Å².